The Bertz CT molecular complexity index is 602. The number of ether oxygens (including phenoxy) is 1. The van der Waals surface area contributed by atoms with Gasteiger partial charge >= 0.3 is 0 Å². The number of benzene rings is 1. The van der Waals surface area contributed by atoms with E-state index in [2.05, 4.69) is 27.6 Å². The average Bonchev–Trinajstić information content (AvgIpc) is 2.34. The van der Waals surface area contributed by atoms with Crippen molar-refractivity contribution in [3.8, 4) is 11.6 Å². The van der Waals surface area contributed by atoms with Crippen LogP contribution in [0.2, 0.25) is 0 Å². The zero-order chi connectivity index (χ0) is 13.1. The molecule has 92 valence electrons. The molecule has 0 unspecified atom stereocenters. The number of hydrogen-bond donors (Lipinski definition) is 0. The highest BCUT2D eigenvalue weighted by Crippen LogP contribution is 2.28. The fourth-order valence-corrected chi connectivity index (χ4v) is 1.88. The molecule has 1 aromatic carbocycles. The normalized spacial score (nSPS) is 10.1. The van der Waals surface area contributed by atoms with Crippen LogP contribution >= 0.6 is 22.6 Å². The Labute approximate surface area is 117 Å². The molecule has 1 aromatic heterocycles. The van der Waals surface area contributed by atoms with Crippen LogP contribution in [0.25, 0.3) is 0 Å². The van der Waals surface area contributed by atoms with Crippen LogP contribution in [0.3, 0.4) is 0 Å². The summed E-state index contributed by atoms with van der Waals surface area (Å²) in [5, 5.41) is 10.8. The second kappa shape index (κ2) is 5.30. The summed E-state index contributed by atoms with van der Waals surface area (Å²) < 4.78 is 6.45. The van der Waals surface area contributed by atoms with E-state index in [1.165, 1.54) is 12.3 Å². The molecule has 6 heteroatoms. The highest BCUT2D eigenvalue weighted by atomic mass is 127. The molecular formula is C12H9IN2O3. The maximum Gasteiger partial charge on any atom is 0.279 e. The van der Waals surface area contributed by atoms with E-state index in [1.54, 1.807) is 13.0 Å². The summed E-state index contributed by atoms with van der Waals surface area (Å²) in [5.74, 6) is 0.847. The molecule has 2 aromatic rings. The minimum Gasteiger partial charge on any atom is -0.438 e. The molecule has 0 saturated heterocycles. The summed E-state index contributed by atoms with van der Waals surface area (Å²) in [4.78, 5) is 14.4. The summed E-state index contributed by atoms with van der Waals surface area (Å²) in [6.07, 6.45) is 1.43. The van der Waals surface area contributed by atoms with Gasteiger partial charge in [-0.15, -0.1) is 0 Å². The number of aryl methyl sites for hydroxylation is 1. The van der Waals surface area contributed by atoms with Crippen molar-refractivity contribution in [3.05, 3.63) is 55.8 Å². The lowest BCUT2D eigenvalue weighted by atomic mass is 10.2. The largest absolute Gasteiger partial charge is 0.438 e. The third-order valence-electron chi connectivity index (χ3n) is 2.30. The number of hydrogen-bond acceptors (Lipinski definition) is 4. The Kier molecular flexibility index (Phi) is 3.75. The molecule has 5 nitrogen and oxygen atoms in total. The maximum atomic E-state index is 10.8. The molecule has 0 bridgehead atoms. The molecule has 0 amide bonds. The van der Waals surface area contributed by atoms with E-state index in [-0.39, 0.29) is 11.6 Å². The van der Waals surface area contributed by atoms with Crippen LogP contribution in [0.4, 0.5) is 5.69 Å². The molecule has 0 N–H and O–H groups in total. The Balaban J connectivity index is 2.33. The van der Waals surface area contributed by atoms with Crippen molar-refractivity contribution in [2.24, 2.45) is 0 Å². The highest BCUT2D eigenvalue weighted by molar-refractivity contribution is 14.1. The quantitative estimate of drug-likeness (QED) is 0.478. The monoisotopic (exact) mass is 356 g/mol. The number of nitro groups is 1. The molecule has 18 heavy (non-hydrogen) atoms. The van der Waals surface area contributed by atoms with Crippen LogP contribution in [0.5, 0.6) is 11.6 Å². The van der Waals surface area contributed by atoms with Gasteiger partial charge in [0, 0.05) is 11.8 Å². The summed E-state index contributed by atoms with van der Waals surface area (Å²) >= 11 is 2.13. The lowest BCUT2D eigenvalue weighted by Gasteiger charge is -2.06. The van der Waals surface area contributed by atoms with E-state index in [4.69, 9.17) is 4.74 Å². The summed E-state index contributed by atoms with van der Waals surface area (Å²) in [7, 11) is 0. The van der Waals surface area contributed by atoms with Gasteiger partial charge in [0.2, 0.25) is 5.88 Å². The molecule has 0 atom stereocenters. The van der Waals surface area contributed by atoms with Gasteiger partial charge in [-0.3, -0.25) is 10.1 Å². The summed E-state index contributed by atoms with van der Waals surface area (Å²) in [5.41, 5.74) is 0.515. The zero-order valence-corrected chi connectivity index (χ0v) is 11.6. The van der Waals surface area contributed by atoms with E-state index in [1.807, 2.05) is 18.2 Å². The molecule has 1 heterocycles. The number of pyridine rings is 1. The summed E-state index contributed by atoms with van der Waals surface area (Å²) in [6.45, 7) is 1.64. The first-order valence-electron chi connectivity index (χ1n) is 5.11. The van der Waals surface area contributed by atoms with Gasteiger partial charge in [0.25, 0.3) is 5.69 Å². The van der Waals surface area contributed by atoms with E-state index in [0.717, 1.165) is 3.57 Å². The van der Waals surface area contributed by atoms with E-state index >= 15 is 0 Å². The van der Waals surface area contributed by atoms with Gasteiger partial charge < -0.3 is 4.74 Å². The number of halogens is 1. The van der Waals surface area contributed by atoms with Crippen LogP contribution < -0.4 is 4.74 Å². The second-order valence-corrected chi connectivity index (χ2v) is 4.76. The fraction of sp³-hybridized carbons (Fsp3) is 0.0833. The Morgan fingerprint density at radius 1 is 1.39 bits per heavy atom. The van der Waals surface area contributed by atoms with Gasteiger partial charge in [0.1, 0.15) is 5.75 Å². The Hall–Kier alpha value is -1.70. The van der Waals surface area contributed by atoms with Gasteiger partial charge in [0.15, 0.2) is 0 Å². The third-order valence-corrected chi connectivity index (χ3v) is 3.19. The Morgan fingerprint density at radius 3 is 2.78 bits per heavy atom. The van der Waals surface area contributed by atoms with Crippen molar-refractivity contribution in [2.45, 2.75) is 6.92 Å². The SMILES string of the molecule is Cc1cnc(Oc2ccccc2I)cc1[N+](=O)[O-]. The van der Waals surface area contributed by atoms with E-state index in [9.17, 15) is 10.1 Å². The topological polar surface area (TPSA) is 65.3 Å². The minimum atomic E-state index is -0.445. The van der Waals surface area contributed by atoms with Crippen LogP contribution in [-0.4, -0.2) is 9.91 Å². The zero-order valence-electron chi connectivity index (χ0n) is 9.46. The highest BCUT2D eigenvalue weighted by Gasteiger charge is 2.13. The van der Waals surface area contributed by atoms with Crippen molar-refractivity contribution in [2.75, 3.05) is 0 Å². The third kappa shape index (κ3) is 2.76. The lowest BCUT2D eigenvalue weighted by Crippen LogP contribution is -1.95. The van der Waals surface area contributed by atoms with Crippen LogP contribution in [0.1, 0.15) is 5.56 Å². The van der Waals surface area contributed by atoms with Crippen molar-refractivity contribution in [3.63, 3.8) is 0 Å². The Morgan fingerprint density at radius 2 is 2.11 bits per heavy atom. The molecule has 0 aliphatic heterocycles. The maximum absolute atomic E-state index is 10.8. The van der Waals surface area contributed by atoms with Crippen molar-refractivity contribution in [1.29, 1.82) is 0 Å². The standard InChI is InChI=1S/C12H9IN2O3/c1-8-7-14-12(6-10(8)15(16)17)18-11-5-3-2-4-9(11)13/h2-7H,1H3. The molecule has 0 aliphatic carbocycles. The molecular weight excluding hydrogens is 347 g/mol. The molecule has 0 radical (unpaired) electrons. The number of para-hydroxylation sites is 1. The second-order valence-electron chi connectivity index (χ2n) is 3.60. The van der Waals surface area contributed by atoms with Crippen LogP contribution in [0.15, 0.2) is 36.5 Å². The average molecular weight is 356 g/mol. The first kappa shape index (κ1) is 12.7. The van der Waals surface area contributed by atoms with Crippen molar-refractivity contribution < 1.29 is 9.66 Å². The minimum absolute atomic E-state index is 0.00550. The molecule has 0 fully saturated rings. The van der Waals surface area contributed by atoms with Crippen molar-refractivity contribution >= 4 is 28.3 Å². The number of nitrogens with zero attached hydrogens (tertiary/aromatic N) is 2. The summed E-state index contributed by atoms with van der Waals surface area (Å²) in [6, 6.07) is 8.73. The molecule has 0 spiro atoms. The molecule has 2 rings (SSSR count). The van der Waals surface area contributed by atoms with Crippen LogP contribution in [0, 0.1) is 20.6 Å². The lowest BCUT2D eigenvalue weighted by molar-refractivity contribution is -0.385. The van der Waals surface area contributed by atoms with Gasteiger partial charge in [0.05, 0.1) is 14.6 Å². The number of rotatable bonds is 3. The van der Waals surface area contributed by atoms with Gasteiger partial charge in [-0.05, 0) is 41.6 Å². The first-order chi connectivity index (χ1) is 8.58. The van der Waals surface area contributed by atoms with Gasteiger partial charge in [-0.1, -0.05) is 12.1 Å². The predicted octanol–water partition coefficient (Wildman–Crippen LogP) is 3.70. The smallest absolute Gasteiger partial charge is 0.279 e. The number of aromatic nitrogens is 1. The first-order valence-corrected chi connectivity index (χ1v) is 6.19. The molecule has 0 aliphatic rings. The molecule has 0 saturated carbocycles. The van der Waals surface area contributed by atoms with Crippen molar-refractivity contribution in [1.82, 2.24) is 4.98 Å². The fourth-order valence-electron chi connectivity index (χ4n) is 1.39. The van der Waals surface area contributed by atoms with Gasteiger partial charge in [-0.25, -0.2) is 4.98 Å². The predicted molar refractivity (Wildman–Crippen MR) is 74.9 cm³/mol. The van der Waals surface area contributed by atoms with E-state index < -0.39 is 4.92 Å². The van der Waals surface area contributed by atoms with E-state index in [0.29, 0.717) is 11.3 Å². The van der Waals surface area contributed by atoms with Crippen LogP contribution in [-0.2, 0) is 0 Å². The van der Waals surface area contributed by atoms with Gasteiger partial charge in [-0.2, -0.15) is 0 Å².